The van der Waals surface area contributed by atoms with E-state index in [1.165, 1.54) is 5.56 Å². The number of hydrogen-bond donors (Lipinski definition) is 1. The SMILES string of the molecule is CCCNC(=O)[C@@H](C)N(Cc1ccc(C)cc1)C(=O)Cc1cc(C)ccc1C. The number of nitrogens with zero attached hydrogens (tertiary/aromatic N) is 1. The zero-order valence-electron chi connectivity index (χ0n) is 17.7. The first-order valence-electron chi connectivity index (χ1n) is 10.0. The van der Waals surface area contributed by atoms with E-state index in [9.17, 15) is 9.59 Å². The topological polar surface area (TPSA) is 49.4 Å². The number of benzene rings is 2. The van der Waals surface area contributed by atoms with Gasteiger partial charge in [-0.15, -0.1) is 0 Å². The van der Waals surface area contributed by atoms with Crippen LogP contribution in [0.2, 0.25) is 0 Å². The molecule has 0 unspecified atom stereocenters. The summed E-state index contributed by atoms with van der Waals surface area (Å²) < 4.78 is 0. The second-order valence-corrected chi connectivity index (χ2v) is 7.58. The van der Waals surface area contributed by atoms with Gasteiger partial charge in [0.1, 0.15) is 6.04 Å². The van der Waals surface area contributed by atoms with Crippen molar-refractivity contribution < 1.29 is 9.59 Å². The Balaban J connectivity index is 2.24. The van der Waals surface area contributed by atoms with E-state index in [1.807, 2.05) is 64.1 Å². The van der Waals surface area contributed by atoms with Crippen molar-refractivity contribution in [2.45, 2.75) is 60.0 Å². The molecule has 2 amide bonds. The molecule has 1 N–H and O–H groups in total. The molecule has 150 valence electrons. The number of nitrogens with one attached hydrogen (secondary N) is 1. The smallest absolute Gasteiger partial charge is 0.242 e. The highest BCUT2D eigenvalue weighted by Gasteiger charge is 2.26. The standard InChI is InChI=1S/C24H32N2O2/c1-6-13-25-24(28)20(5)26(16-21-11-8-17(2)9-12-21)23(27)15-22-14-18(3)7-10-19(22)4/h7-12,14,20H,6,13,15-16H2,1-5H3,(H,25,28)/t20-/m1/s1. The van der Waals surface area contributed by atoms with Gasteiger partial charge < -0.3 is 10.2 Å². The van der Waals surface area contributed by atoms with Crippen molar-refractivity contribution in [1.82, 2.24) is 10.2 Å². The largest absolute Gasteiger partial charge is 0.354 e. The molecule has 0 aliphatic rings. The Morgan fingerprint density at radius 3 is 2.29 bits per heavy atom. The summed E-state index contributed by atoms with van der Waals surface area (Å²) in [7, 11) is 0. The summed E-state index contributed by atoms with van der Waals surface area (Å²) in [5.41, 5.74) is 5.44. The second kappa shape index (κ2) is 10.1. The number of carbonyl (C=O) groups excluding carboxylic acids is 2. The normalized spacial score (nSPS) is 11.8. The highest BCUT2D eigenvalue weighted by atomic mass is 16.2. The lowest BCUT2D eigenvalue weighted by atomic mass is 10.0. The molecule has 28 heavy (non-hydrogen) atoms. The molecule has 0 aliphatic carbocycles. The maximum absolute atomic E-state index is 13.2. The van der Waals surface area contributed by atoms with Gasteiger partial charge >= 0.3 is 0 Å². The maximum Gasteiger partial charge on any atom is 0.242 e. The Morgan fingerprint density at radius 2 is 1.64 bits per heavy atom. The Morgan fingerprint density at radius 1 is 1.00 bits per heavy atom. The summed E-state index contributed by atoms with van der Waals surface area (Å²) >= 11 is 0. The molecule has 4 heteroatoms. The van der Waals surface area contributed by atoms with Gasteiger partial charge in [0.15, 0.2) is 0 Å². The van der Waals surface area contributed by atoms with Crippen molar-refractivity contribution in [2.75, 3.05) is 6.54 Å². The molecule has 0 aliphatic heterocycles. The van der Waals surface area contributed by atoms with Gasteiger partial charge in [0.25, 0.3) is 0 Å². The summed E-state index contributed by atoms with van der Waals surface area (Å²) in [6.07, 6.45) is 1.16. The van der Waals surface area contributed by atoms with E-state index in [0.717, 1.165) is 28.7 Å². The van der Waals surface area contributed by atoms with Gasteiger partial charge in [-0.05, 0) is 50.8 Å². The summed E-state index contributed by atoms with van der Waals surface area (Å²) in [6.45, 7) is 10.9. The summed E-state index contributed by atoms with van der Waals surface area (Å²) in [6, 6.07) is 13.7. The van der Waals surface area contributed by atoms with Crippen LogP contribution in [0.1, 0.15) is 48.1 Å². The maximum atomic E-state index is 13.2. The van der Waals surface area contributed by atoms with Gasteiger partial charge in [0.05, 0.1) is 6.42 Å². The van der Waals surface area contributed by atoms with Crippen LogP contribution in [0.3, 0.4) is 0 Å². The number of hydrogen-bond acceptors (Lipinski definition) is 2. The highest BCUT2D eigenvalue weighted by molar-refractivity contribution is 5.88. The minimum atomic E-state index is -0.523. The third kappa shape index (κ3) is 5.95. The summed E-state index contributed by atoms with van der Waals surface area (Å²) in [5.74, 6) is -0.142. The van der Waals surface area contributed by atoms with Crippen LogP contribution < -0.4 is 5.32 Å². The van der Waals surface area contributed by atoms with Crippen LogP contribution in [-0.2, 0) is 22.6 Å². The minimum Gasteiger partial charge on any atom is -0.354 e. The lowest BCUT2D eigenvalue weighted by molar-refractivity contribution is -0.140. The molecule has 0 aromatic heterocycles. The fourth-order valence-corrected chi connectivity index (χ4v) is 3.12. The fraction of sp³-hybridized carbons (Fsp3) is 0.417. The molecule has 2 rings (SSSR count). The average molecular weight is 381 g/mol. The summed E-state index contributed by atoms with van der Waals surface area (Å²) in [4.78, 5) is 27.5. The van der Waals surface area contributed by atoms with E-state index in [4.69, 9.17) is 0 Å². The average Bonchev–Trinajstić information content (AvgIpc) is 2.67. The van der Waals surface area contributed by atoms with Crippen molar-refractivity contribution in [3.63, 3.8) is 0 Å². The third-order valence-electron chi connectivity index (χ3n) is 5.04. The van der Waals surface area contributed by atoms with Crippen molar-refractivity contribution in [1.29, 1.82) is 0 Å². The fourth-order valence-electron chi connectivity index (χ4n) is 3.12. The van der Waals surface area contributed by atoms with E-state index < -0.39 is 6.04 Å². The minimum absolute atomic E-state index is 0.0339. The molecule has 0 spiro atoms. The van der Waals surface area contributed by atoms with Gasteiger partial charge in [0.2, 0.25) is 11.8 Å². The van der Waals surface area contributed by atoms with Crippen molar-refractivity contribution >= 4 is 11.8 Å². The molecule has 1 atom stereocenters. The van der Waals surface area contributed by atoms with Gasteiger partial charge in [-0.2, -0.15) is 0 Å². The second-order valence-electron chi connectivity index (χ2n) is 7.58. The van der Waals surface area contributed by atoms with Crippen LogP contribution in [0.4, 0.5) is 0 Å². The predicted molar refractivity (Wildman–Crippen MR) is 114 cm³/mol. The van der Waals surface area contributed by atoms with Crippen LogP contribution in [-0.4, -0.2) is 29.3 Å². The number of amides is 2. The Bertz CT molecular complexity index is 812. The number of aryl methyl sites for hydroxylation is 3. The summed E-state index contributed by atoms with van der Waals surface area (Å²) in [5, 5.41) is 2.91. The molecule has 0 radical (unpaired) electrons. The van der Waals surface area contributed by atoms with Gasteiger partial charge in [-0.3, -0.25) is 9.59 Å². The lowest BCUT2D eigenvalue weighted by Crippen LogP contribution is -2.48. The Kier molecular flexibility index (Phi) is 7.80. The van der Waals surface area contributed by atoms with Crippen LogP contribution >= 0.6 is 0 Å². The predicted octanol–water partition coefficient (Wildman–Crippen LogP) is 4.10. The molecule has 4 nitrogen and oxygen atoms in total. The molecule has 0 bridgehead atoms. The van der Waals surface area contributed by atoms with Gasteiger partial charge in [0, 0.05) is 13.1 Å². The van der Waals surface area contributed by atoms with E-state index in [-0.39, 0.29) is 11.8 Å². The van der Waals surface area contributed by atoms with Crippen molar-refractivity contribution in [3.8, 4) is 0 Å². The molecule has 0 heterocycles. The van der Waals surface area contributed by atoms with Gasteiger partial charge in [-0.1, -0.05) is 60.5 Å². The first kappa shape index (κ1) is 21.7. The molecule has 2 aromatic rings. The molecular formula is C24H32N2O2. The Labute approximate surface area is 169 Å². The van der Waals surface area contributed by atoms with Crippen LogP contribution in [0, 0.1) is 20.8 Å². The first-order valence-corrected chi connectivity index (χ1v) is 10.0. The van der Waals surface area contributed by atoms with Gasteiger partial charge in [-0.25, -0.2) is 0 Å². The van der Waals surface area contributed by atoms with Crippen molar-refractivity contribution in [3.05, 3.63) is 70.3 Å². The zero-order valence-corrected chi connectivity index (χ0v) is 17.7. The van der Waals surface area contributed by atoms with Crippen molar-refractivity contribution in [2.24, 2.45) is 0 Å². The monoisotopic (exact) mass is 380 g/mol. The molecule has 2 aromatic carbocycles. The van der Waals surface area contributed by atoms with E-state index in [1.54, 1.807) is 11.8 Å². The highest BCUT2D eigenvalue weighted by Crippen LogP contribution is 2.16. The first-order chi connectivity index (χ1) is 13.3. The van der Waals surface area contributed by atoms with E-state index in [0.29, 0.717) is 19.5 Å². The van der Waals surface area contributed by atoms with Crippen LogP contribution in [0.25, 0.3) is 0 Å². The number of carbonyl (C=O) groups is 2. The number of rotatable bonds is 8. The molecular weight excluding hydrogens is 348 g/mol. The van der Waals surface area contributed by atoms with Crippen LogP contribution in [0.5, 0.6) is 0 Å². The van der Waals surface area contributed by atoms with E-state index in [2.05, 4.69) is 11.4 Å². The molecule has 0 saturated heterocycles. The molecule has 0 fully saturated rings. The van der Waals surface area contributed by atoms with E-state index >= 15 is 0 Å². The zero-order chi connectivity index (χ0) is 20.7. The van der Waals surface area contributed by atoms with Crippen LogP contribution in [0.15, 0.2) is 42.5 Å². The third-order valence-corrected chi connectivity index (χ3v) is 5.04. The molecule has 0 saturated carbocycles. The lowest BCUT2D eigenvalue weighted by Gasteiger charge is -2.29. The Hall–Kier alpha value is -2.62. The quantitative estimate of drug-likeness (QED) is 0.750.